The Hall–Kier alpha value is -0.770. The van der Waals surface area contributed by atoms with Crippen LogP contribution in [-0.4, -0.2) is 0 Å². The van der Waals surface area contributed by atoms with Crippen LogP contribution in [0.2, 0.25) is 0 Å². The molecule has 2 unspecified atom stereocenters. The maximum absolute atomic E-state index is 8.30. The van der Waals surface area contributed by atoms with Gasteiger partial charge in [-0.05, 0) is 11.8 Å². The first-order chi connectivity index (χ1) is 4.22. The van der Waals surface area contributed by atoms with Crippen LogP contribution in [0.4, 0.5) is 0 Å². The number of hydrogen-bond donors (Lipinski definition) is 0. The molecule has 0 rings (SSSR count). The molecule has 0 aliphatic heterocycles. The number of hydrogen-bond acceptors (Lipinski definition) is 1. The zero-order valence-corrected chi connectivity index (χ0v) is 6.09. The molecule has 0 spiro atoms. The Kier molecular flexibility index (Phi) is 3.79. The summed E-state index contributed by atoms with van der Waals surface area (Å²) in [7, 11) is 0. The molecule has 0 radical (unpaired) electrons. The highest BCUT2D eigenvalue weighted by molar-refractivity contribution is 4.84. The lowest BCUT2D eigenvalue weighted by molar-refractivity contribution is 0.470. The summed E-state index contributed by atoms with van der Waals surface area (Å²) >= 11 is 0. The third-order valence-corrected chi connectivity index (χ3v) is 1.68. The lowest BCUT2D eigenvalue weighted by Gasteiger charge is -2.10. The molecule has 0 aromatic heterocycles. The fourth-order valence-corrected chi connectivity index (χ4v) is 0.562. The third kappa shape index (κ3) is 2.92. The Bertz CT molecular complexity index is 121. The molecule has 0 fully saturated rings. The minimum absolute atomic E-state index is 0.451. The quantitative estimate of drug-likeness (QED) is 0.528. The van der Waals surface area contributed by atoms with Gasteiger partial charge in [0.05, 0.1) is 6.07 Å². The van der Waals surface area contributed by atoms with Gasteiger partial charge in [-0.1, -0.05) is 19.9 Å². The monoisotopic (exact) mass is 123 g/mol. The average molecular weight is 123 g/mol. The van der Waals surface area contributed by atoms with Crippen molar-refractivity contribution in [1.82, 2.24) is 0 Å². The van der Waals surface area contributed by atoms with Gasteiger partial charge in [-0.3, -0.25) is 0 Å². The normalized spacial score (nSPS) is 15.7. The summed E-state index contributed by atoms with van der Waals surface area (Å²) in [5, 5.41) is 8.30. The van der Waals surface area contributed by atoms with Crippen molar-refractivity contribution in [3.8, 4) is 6.07 Å². The van der Waals surface area contributed by atoms with E-state index < -0.39 is 0 Å². The van der Waals surface area contributed by atoms with Crippen LogP contribution in [0.25, 0.3) is 0 Å². The molecule has 0 aromatic rings. The molecule has 0 saturated carbocycles. The molecule has 0 aliphatic rings. The smallest absolute Gasteiger partial charge is 0.0624 e. The first-order valence-electron chi connectivity index (χ1n) is 3.22. The second-order valence-electron chi connectivity index (χ2n) is 2.43. The van der Waals surface area contributed by atoms with Crippen LogP contribution in [0.3, 0.4) is 0 Å². The largest absolute Gasteiger partial charge is 0.198 e. The number of nitrogens with zero attached hydrogens (tertiary/aromatic N) is 1. The lowest BCUT2D eigenvalue weighted by Crippen LogP contribution is -2.02. The maximum atomic E-state index is 8.30. The highest BCUT2D eigenvalue weighted by Gasteiger charge is 2.06. The van der Waals surface area contributed by atoms with Crippen LogP contribution in [-0.2, 0) is 0 Å². The van der Waals surface area contributed by atoms with Gasteiger partial charge in [0.1, 0.15) is 0 Å². The standard InChI is InChI=1S/C8H13N/c1-4-7(2)8(3)5-6-9/h4,7-8H,1,5H2,2-3H3. The summed E-state index contributed by atoms with van der Waals surface area (Å²) in [5.74, 6) is 0.914. The van der Waals surface area contributed by atoms with Gasteiger partial charge in [0, 0.05) is 6.42 Å². The predicted molar refractivity (Wildman–Crippen MR) is 38.8 cm³/mol. The fourth-order valence-electron chi connectivity index (χ4n) is 0.562. The Labute approximate surface area is 57.0 Å². The molecular weight excluding hydrogens is 110 g/mol. The zero-order valence-electron chi connectivity index (χ0n) is 6.09. The molecule has 1 heteroatoms. The Morgan fingerprint density at radius 1 is 1.67 bits per heavy atom. The summed E-state index contributed by atoms with van der Waals surface area (Å²) in [4.78, 5) is 0. The first kappa shape index (κ1) is 8.23. The van der Waals surface area contributed by atoms with Gasteiger partial charge >= 0.3 is 0 Å². The van der Waals surface area contributed by atoms with Gasteiger partial charge in [0.2, 0.25) is 0 Å². The van der Waals surface area contributed by atoms with Crippen LogP contribution in [0.5, 0.6) is 0 Å². The van der Waals surface area contributed by atoms with Crippen molar-refractivity contribution < 1.29 is 0 Å². The Morgan fingerprint density at radius 3 is 2.56 bits per heavy atom. The average Bonchev–Trinajstić information content (AvgIpc) is 1.87. The van der Waals surface area contributed by atoms with Crippen molar-refractivity contribution in [2.75, 3.05) is 0 Å². The first-order valence-corrected chi connectivity index (χ1v) is 3.22. The highest BCUT2D eigenvalue weighted by atomic mass is 14.2. The van der Waals surface area contributed by atoms with Gasteiger partial charge in [-0.25, -0.2) is 0 Å². The Balaban J connectivity index is 3.60. The summed E-state index contributed by atoms with van der Waals surface area (Å²) in [6.45, 7) is 7.80. The van der Waals surface area contributed by atoms with E-state index in [2.05, 4.69) is 26.5 Å². The molecule has 0 heterocycles. The summed E-state index contributed by atoms with van der Waals surface area (Å²) < 4.78 is 0. The van der Waals surface area contributed by atoms with E-state index in [1.54, 1.807) is 0 Å². The fraction of sp³-hybridized carbons (Fsp3) is 0.625. The number of allylic oxidation sites excluding steroid dienone is 1. The summed E-state index contributed by atoms with van der Waals surface area (Å²) in [6, 6.07) is 2.13. The molecule has 2 atom stereocenters. The van der Waals surface area contributed by atoms with Crippen molar-refractivity contribution in [1.29, 1.82) is 5.26 Å². The molecule has 0 amide bonds. The molecule has 0 aliphatic carbocycles. The SMILES string of the molecule is C=CC(C)C(C)CC#N. The molecule has 9 heavy (non-hydrogen) atoms. The second-order valence-corrected chi connectivity index (χ2v) is 2.43. The zero-order chi connectivity index (χ0) is 7.28. The van der Waals surface area contributed by atoms with Crippen LogP contribution < -0.4 is 0 Å². The van der Waals surface area contributed by atoms with Crippen molar-refractivity contribution in [3.63, 3.8) is 0 Å². The molecule has 0 bridgehead atoms. The number of rotatable bonds is 3. The minimum atomic E-state index is 0.451. The summed E-state index contributed by atoms with van der Waals surface area (Å²) in [5.41, 5.74) is 0. The van der Waals surface area contributed by atoms with E-state index in [9.17, 15) is 0 Å². The molecule has 50 valence electrons. The third-order valence-electron chi connectivity index (χ3n) is 1.68. The Morgan fingerprint density at radius 2 is 2.22 bits per heavy atom. The van der Waals surface area contributed by atoms with E-state index in [1.165, 1.54) is 0 Å². The molecule has 0 N–H and O–H groups in total. The summed E-state index contributed by atoms with van der Waals surface area (Å²) in [6.07, 6.45) is 2.52. The van der Waals surface area contributed by atoms with Crippen LogP contribution in [0.15, 0.2) is 12.7 Å². The van der Waals surface area contributed by atoms with E-state index in [1.807, 2.05) is 6.08 Å². The van der Waals surface area contributed by atoms with Crippen molar-refractivity contribution >= 4 is 0 Å². The van der Waals surface area contributed by atoms with E-state index in [0.29, 0.717) is 18.3 Å². The van der Waals surface area contributed by atoms with E-state index in [0.717, 1.165) is 0 Å². The lowest BCUT2D eigenvalue weighted by atomic mass is 9.94. The van der Waals surface area contributed by atoms with Gasteiger partial charge in [0.15, 0.2) is 0 Å². The predicted octanol–water partition coefficient (Wildman–Crippen LogP) is 2.36. The van der Waals surface area contributed by atoms with Gasteiger partial charge in [-0.2, -0.15) is 5.26 Å². The molecule has 1 nitrogen and oxygen atoms in total. The van der Waals surface area contributed by atoms with E-state index in [-0.39, 0.29) is 0 Å². The molecule has 0 aromatic carbocycles. The molecule has 0 saturated heterocycles. The highest BCUT2D eigenvalue weighted by Crippen LogP contribution is 2.14. The van der Waals surface area contributed by atoms with Crippen molar-refractivity contribution in [2.45, 2.75) is 20.3 Å². The van der Waals surface area contributed by atoms with Crippen LogP contribution >= 0.6 is 0 Å². The maximum Gasteiger partial charge on any atom is 0.0624 e. The number of nitriles is 1. The van der Waals surface area contributed by atoms with Gasteiger partial charge in [-0.15, -0.1) is 6.58 Å². The van der Waals surface area contributed by atoms with Crippen LogP contribution in [0.1, 0.15) is 20.3 Å². The second kappa shape index (κ2) is 4.14. The minimum Gasteiger partial charge on any atom is -0.198 e. The van der Waals surface area contributed by atoms with Gasteiger partial charge in [0.25, 0.3) is 0 Å². The van der Waals surface area contributed by atoms with E-state index in [4.69, 9.17) is 5.26 Å². The van der Waals surface area contributed by atoms with Crippen molar-refractivity contribution in [3.05, 3.63) is 12.7 Å². The van der Waals surface area contributed by atoms with Crippen molar-refractivity contribution in [2.24, 2.45) is 11.8 Å². The topological polar surface area (TPSA) is 23.8 Å². The van der Waals surface area contributed by atoms with Gasteiger partial charge < -0.3 is 0 Å². The molecular formula is C8H13N. The van der Waals surface area contributed by atoms with Crippen LogP contribution in [0, 0.1) is 23.2 Å². The van der Waals surface area contributed by atoms with E-state index >= 15 is 0 Å².